The smallest absolute Gasteiger partial charge is 0.290 e. The van der Waals surface area contributed by atoms with Crippen molar-refractivity contribution in [3.63, 3.8) is 0 Å². The minimum Gasteiger partial charge on any atom is -0.381 e. The largest absolute Gasteiger partial charge is 0.381 e. The number of H-pyrrole nitrogens is 1. The minimum absolute atomic E-state index is 0.233. The predicted octanol–water partition coefficient (Wildman–Crippen LogP) is 2.59. The van der Waals surface area contributed by atoms with Gasteiger partial charge in [0, 0.05) is 36.8 Å². The number of aromatic amines is 1. The van der Waals surface area contributed by atoms with E-state index in [4.69, 9.17) is 9.26 Å². The van der Waals surface area contributed by atoms with Crippen molar-refractivity contribution in [2.24, 2.45) is 0 Å². The molecule has 0 aliphatic carbocycles. The van der Waals surface area contributed by atoms with E-state index < -0.39 is 0 Å². The van der Waals surface area contributed by atoms with Crippen LogP contribution in [0.5, 0.6) is 0 Å². The van der Waals surface area contributed by atoms with Crippen LogP contribution in [0.4, 0.5) is 0 Å². The summed E-state index contributed by atoms with van der Waals surface area (Å²) in [5.74, 6) is 0.225. The van der Waals surface area contributed by atoms with E-state index in [1.165, 1.54) is 0 Å². The Morgan fingerprint density at radius 1 is 1.35 bits per heavy atom. The normalized spacial score (nSPS) is 17.7. The molecule has 1 aliphatic rings. The summed E-state index contributed by atoms with van der Waals surface area (Å²) < 4.78 is 10.5. The Morgan fingerprint density at radius 3 is 3.17 bits per heavy atom. The molecule has 3 aromatic rings. The van der Waals surface area contributed by atoms with Crippen LogP contribution in [0.3, 0.4) is 0 Å². The molecule has 6 nitrogen and oxygen atoms in total. The summed E-state index contributed by atoms with van der Waals surface area (Å²) in [7, 11) is 0. The third-order valence-electron chi connectivity index (χ3n) is 4.17. The van der Waals surface area contributed by atoms with Crippen molar-refractivity contribution in [2.45, 2.75) is 18.9 Å². The summed E-state index contributed by atoms with van der Waals surface area (Å²) in [6, 6.07) is 9.76. The average Bonchev–Trinajstić information content (AvgIpc) is 3.32. The van der Waals surface area contributed by atoms with Gasteiger partial charge in [0.05, 0.1) is 12.3 Å². The van der Waals surface area contributed by atoms with E-state index in [-0.39, 0.29) is 17.6 Å². The van der Waals surface area contributed by atoms with Gasteiger partial charge in [-0.2, -0.15) is 0 Å². The maximum Gasteiger partial charge on any atom is 0.290 e. The van der Waals surface area contributed by atoms with Gasteiger partial charge in [0.15, 0.2) is 0 Å². The first-order valence-corrected chi connectivity index (χ1v) is 7.68. The highest BCUT2D eigenvalue weighted by Crippen LogP contribution is 2.24. The van der Waals surface area contributed by atoms with Gasteiger partial charge in [-0.05, 0) is 35.6 Å². The summed E-state index contributed by atoms with van der Waals surface area (Å²) in [4.78, 5) is 15.3. The molecule has 2 aromatic heterocycles. The van der Waals surface area contributed by atoms with E-state index in [1.54, 1.807) is 6.07 Å². The van der Waals surface area contributed by atoms with Gasteiger partial charge >= 0.3 is 0 Å². The standard InChI is InChI=1S/C17H17N3O3/c21-17(16-8-15(20-23-16)13-4-6-22-10-13)19-9-11-1-2-14-12(7-11)3-5-18-14/h1-3,5,7-8,13,18H,4,6,9-10H2,(H,19,21). The molecule has 1 aromatic carbocycles. The number of aromatic nitrogens is 2. The lowest BCUT2D eigenvalue weighted by molar-refractivity contribution is 0.0914. The summed E-state index contributed by atoms with van der Waals surface area (Å²) in [5, 5.41) is 7.98. The lowest BCUT2D eigenvalue weighted by Crippen LogP contribution is -2.22. The van der Waals surface area contributed by atoms with Crippen LogP contribution in [0.1, 0.15) is 34.2 Å². The number of rotatable bonds is 4. The number of fused-ring (bicyclic) bond motifs is 1. The second kappa shape index (κ2) is 5.89. The molecular formula is C17H17N3O3. The van der Waals surface area contributed by atoms with E-state index in [0.29, 0.717) is 13.2 Å². The monoisotopic (exact) mass is 311 g/mol. The van der Waals surface area contributed by atoms with E-state index >= 15 is 0 Å². The van der Waals surface area contributed by atoms with Crippen LogP contribution in [-0.4, -0.2) is 29.3 Å². The first kappa shape index (κ1) is 14.0. The van der Waals surface area contributed by atoms with Gasteiger partial charge in [-0.25, -0.2) is 0 Å². The van der Waals surface area contributed by atoms with Crippen LogP contribution in [0.25, 0.3) is 10.9 Å². The minimum atomic E-state index is -0.253. The average molecular weight is 311 g/mol. The van der Waals surface area contributed by atoms with E-state index in [9.17, 15) is 4.79 Å². The highest BCUT2D eigenvalue weighted by Gasteiger charge is 2.23. The lowest BCUT2D eigenvalue weighted by atomic mass is 10.1. The molecular weight excluding hydrogens is 294 g/mol. The first-order chi connectivity index (χ1) is 11.3. The molecule has 6 heteroatoms. The zero-order valence-corrected chi connectivity index (χ0v) is 12.5. The van der Waals surface area contributed by atoms with E-state index in [1.807, 2.05) is 30.5 Å². The van der Waals surface area contributed by atoms with Crippen LogP contribution in [-0.2, 0) is 11.3 Å². The van der Waals surface area contributed by atoms with Crippen LogP contribution in [0.15, 0.2) is 41.1 Å². The quantitative estimate of drug-likeness (QED) is 0.776. The number of ether oxygens (including phenoxy) is 1. The zero-order chi connectivity index (χ0) is 15.6. The number of hydrogen-bond donors (Lipinski definition) is 2. The number of nitrogens with one attached hydrogen (secondary N) is 2. The van der Waals surface area contributed by atoms with Crippen molar-refractivity contribution in [2.75, 3.05) is 13.2 Å². The summed E-state index contributed by atoms with van der Waals surface area (Å²) >= 11 is 0. The third kappa shape index (κ3) is 2.85. The molecule has 1 aliphatic heterocycles. The van der Waals surface area contributed by atoms with Gasteiger partial charge < -0.3 is 19.6 Å². The molecule has 118 valence electrons. The Hall–Kier alpha value is -2.60. The van der Waals surface area contributed by atoms with Gasteiger partial charge in [0.1, 0.15) is 0 Å². The number of amides is 1. The van der Waals surface area contributed by atoms with Gasteiger partial charge in [-0.3, -0.25) is 4.79 Å². The van der Waals surface area contributed by atoms with Crippen molar-refractivity contribution in [1.82, 2.24) is 15.5 Å². The highest BCUT2D eigenvalue weighted by atomic mass is 16.5. The molecule has 1 saturated heterocycles. The summed E-state index contributed by atoms with van der Waals surface area (Å²) in [6.07, 6.45) is 2.82. The number of nitrogens with zero attached hydrogens (tertiary/aromatic N) is 1. The Labute approximate surface area is 132 Å². The van der Waals surface area contributed by atoms with Gasteiger partial charge in [-0.15, -0.1) is 0 Å². The molecule has 0 radical (unpaired) electrons. The number of carbonyl (C=O) groups excluding carboxylic acids is 1. The molecule has 1 fully saturated rings. The van der Waals surface area contributed by atoms with E-state index in [2.05, 4.69) is 15.5 Å². The fourth-order valence-electron chi connectivity index (χ4n) is 2.84. The molecule has 4 rings (SSSR count). The Bertz CT molecular complexity index is 830. The molecule has 1 amide bonds. The maximum absolute atomic E-state index is 12.2. The molecule has 23 heavy (non-hydrogen) atoms. The van der Waals surface area contributed by atoms with Crippen molar-refractivity contribution in [3.8, 4) is 0 Å². The molecule has 1 atom stereocenters. The lowest BCUT2D eigenvalue weighted by Gasteiger charge is -2.03. The predicted molar refractivity (Wildman–Crippen MR) is 84.1 cm³/mol. The Kier molecular flexibility index (Phi) is 3.59. The second-order valence-electron chi connectivity index (χ2n) is 5.76. The van der Waals surface area contributed by atoms with Crippen LogP contribution in [0, 0.1) is 0 Å². The van der Waals surface area contributed by atoms with Crippen molar-refractivity contribution in [1.29, 1.82) is 0 Å². The summed E-state index contributed by atoms with van der Waals surface area (Å²) in [6.45, 7) is 1.83. The second-order valence-corrected chi connectivity index (χ2v) is 5.76. The van der Waals surface area contributed by atoms with Crippen molar-refractivity contribution >= 4 is 16.8 Å². The molecule has 0 spiro atoms. The number of carbonyl (C=O) groups is 1. The Balaban J connectivity index is 1.41. The molecule has 0 saturated carbocycles. The molecule has 0 bridgehead atoms. The third-order valence-corrected chi connectivity index (χ3v) is 4.17. The highest BCUT2D eigenvalue weighted by molar-refractivity contribution is 5.91. The van der Waals surface area contributed by atoms with Gasteiger partial charge in [0.2, 0.25) is 5.76 Å². The van der Waals surface area contributed by atoms with Crippen LogP contribution in [0.2, 0.25) is 0 Å². The zero-order valence-electron chi connectivity index (χ0n) is 12.5. The number of benzene rings is 1. The fraction of sp³-hybridized carbons (Fsp3) is 0.294. The molecule has 2 N–H and O–H groups in total. The van der Waals surface area contributed by atoms with E-state index in [0.717, 1.165) is 35.2 Å². The fourth-order valence-corrected chi connectivity index (χ4v) is 2.84. The first-order valence-electron chi connectivity index (χ1n) is 7.68. The summed E-state index contributed by atoms with van der Waals surface area (Å²) in [5.41, 5.74) is 2.91. The maximum atomic E-state index is 12.2. The topological polar surface area (TPSA) is 80.2 Å². The van der Waals surface area contributed by atoms with Crippen LogP contribution >= 0.6 is 0 Å². The van der Waals surface area contributed by atoms with Crippen molar-refractivity contribution < 1.29 is 14.1 Å². The number of hydrogen-bond acceptors (Lipinski definition) is 4. The van der Waals surface area contributed by atoms with Crippen LogP contribution < -0.4 is 5.32 Å². The van der Waals surface area contributed by atoms with Crippen molar-refractivity contribution in [3.05, 3.63) is 53.5 Å². The van der Waals surface area contributed by atoms with Gasteiger partial charge in [-0.1, -0.05) is 11.2 Å². The molecule has 3 heterocycles. The van der Waals surface area contributed by atoms with Gasteiger partial charge in [0.25, 0.3) is 5.91 Å². The Morgan fingerprint density at radius 2 is 2.30 bits per heavy atom. The molecule has 1 unspecified atom stereocenters. The SMILES string of the molecule is O=C(NCc1ccc2[nH]ccc2c1)c1cc(C2CCOC2)no1.